The van der Waals surface area contributed by atoms with E-state index in [0.29, 0.717) is 0 Å². The molecule has 0 N–H and O–H groups in total. The van der Waals surface area contributed by atoms with Gasteiger partial charge in [0.25, 0.3) is 0 Å². The standard InChI is InChI=1S/C21H20N2/c1-14-8-10-17-16(12-14)13-21(2,3)23-20(17)19-11-9-15-6-4-5-7-18(15)22-19/h4-12H,13H2,1-3H3. The van der Waals surface area contributed by atoms with Crippen LogP contribution in [0.1, 0.15) is 36.2 Å². The Morgan fingerprint density at radius 3 is 2.65 bits per heavy atom. The number of aromatic nitrogens is 1. The summed E-state index contributed by atoms with van der Waals surface area (Å²) in [6.07, 6.45) is 0.973. The van der Waals surface area contributed by atoms with Gasteiger partial charge in [-0.2, -0.15) is 0 Å². The van der Waals surface area contributed by atoms with Crippen LogP contribution >= 0.6 is 0 Å². The first kappa shape index (κ1) is 14.1. The van der Waals surface area contributed by atoms with Gasteiger partial charge in [0.15, 0.2) is 0 Å². The molecule has 0 amide bonds. The van der Waals surface area contributed by atoms with Gasteiger partial charge in [0.05, 0.1) is 22.5 Å². The number of nitrogens with zero attached hydrogens (tertiary/aromatic N) is 2. The molecule has 0 fully saturated rings. The van der Waals surface area contributed by atoms with Crippen molar-refractivity contribution in [3.63, 3.8) is 0 Å². The van der Waals surface area contributed by atoms with Crippen LogP contribution in [0.15, 0.2) is 59.6 Å². The molecule has 1 aromatic heterocycles. The van der Waals surface area contributed by atoms with E-state index >= 15 is 0 Å². The molecule has 2 heteroatoms. The zero-order valence-corrected chi connectivity index (χ0v) is 13.8. The summed E-state index contributed by atoms with van der Waals surface area (Å²) in [7, 11) is 0. The first-order valence-corrected chi connectivity index (χ1v) is 8.08. The van der Waals surface area contributed by atoms with Crippen molar-refractivity contribution in [3.05, 3.63) is 77.0 Å². The number of rotatable bonds is 1. The summed E-state index contributed by atoms with van der Waals surface area (Å²) in [5.41, 5.74) is 6.79. The van der Waals surface area contributed by atoms with Gasteiger partial charge in [-0.15, -0.1) is 0 Å². The van der Waals surface area contributed by atoms with Crippen LogP contribution < -0.4 is 0 Å². The first-order chi connectivity index (χ1) is 11.0. The van der Waals surface area contributed by atoms with E-state index in [1.807, 2.05) is 12.1 Å². The Hall–Kier alpha value is -2.48. The SMILES string of the molecule is Cc1ccc2c(c1)CC(C)(C)N=C2c1ccc2ccccc2n1. The van der Waals surface area contributed by atoms with Gasteiger partial charge < -0.3 is 0 Å². The molecule has 0 saturated carbocycles. The molecule has 2 aromatic carbocycles. The second-order valence-electron chi connectivity index (χ2n) is 7.00. The van der Waals surface area contributed by atoms with Crippen molar-refractivity contribution in [3.8, 4) is 0 Å². The molecule has 1 aliphatic rings. The van der Waals surface area contributed by atoms with Gasteiger partial charge in [-0.25, -0.2) is 4.98 Å². The van der Waals surface area contributed by atoms with Crippen LogP contribution in [0.3, 0.4) is 0 Å². The summed E-state index contributed by atoms with van der Waals surface area (Å²) in [5, 5.41) is 1.16. The Labute approximate surface area is 136 Å². The fraction of sp³-hybridized carbons (Fsp3) is 0.238. The van der Waals surface area contributed by atoms with E-state index in [1.165, 1.54) is 16.7 Å². The lowest BCUT2D eigenvalue weighted by atomic mass is 9.85. The van der Waals surface area contributed by atoms with Crippen LogP contribution in [0, 0.1) is 6.92 Å². The molecule has 0 aliphatic carbocycles. The third-order valence-corrected chi connectivity index (χ3v) is 4.39. The number of hydrogen-bond acceptors (Lipinski definition) is 2. The third kappa shape index (κ3) is 2.55. The van der Waals surface area contributed by atoms with Crippen LogP contribution in [-0.2, 0) is 6.42 Å². The molecule has 0 saturated heterocycles. The lowest BCUT2D eigenvalue weighted by Gasteiger charge is -2.29. The molecule has 2 heterocycles. The average Bonchev–Trinajstić information content (AvgIpc) is 2.52. The molecule has 0 unspecified atom stereocenters. The largest absolute Gasteiger partial charge is 0.276 e. The molecule has 3 aromatic rings. The molecular weight excluding hydrogens is 280 g/mol. The van der Waals surface area contributed by atoms with E-state index in [9.17, 15) is 0 Å². The number of para-hydroxylation sites is 1. The maximum absolute atomic E-state index is 5.02. The molecule has 0 bridgehead atoms. The summed E-state index contributed by atoms with van der Waals surface area (Å²) in [6.45, 7) is 6.53. The van der Waals surface area contributed by atoms with Crippen LogP contribution in [0.4, 0.5) is 0 Å². The van der Waals surface area contributed by atoms with Crippen molar-refractivity contribution in [2.24, 2.45) is 4.99 Å². The van der Waals surface area contributed by atoms with Crippen molar-refractivity contribution >= 4 is 16.6 Å². The maximum atomic E-state index is 5.02. The van der Waals surface area contributed by atoms with Gasteiger partial charge in [0, 0.05) is 10.9 Å². The molecule has 4 rings (SSSR count). The topological polar surface area (TPSA) is 25.2 Å². The number of benzene rings is 2. The summed E-state index contributed by atoms with van der Waals surface area (Å²) < 4.78 is 0. The van der Waals surface area contributed by atoms with Crippen LogP contribution in [0.2, 0.25) is 0 Å². The fourth-order valence-electron chi connectivity index (χ4n) is 3.36. The van der Waals surface area contributed by atoms with E-state index in [4.69, 9.17) is 9.98 Å². The van der Waals surface area contributed by atoms with E-state index in [0.717, 1.165) is 28.7 Å². The van der Waals surface area contributed by atoms with Gasteiger partial charge in [-0.05, 0) is 44.9 Å². The number of aliphatic imine (C=N–C) groups is 1. The van der Waals surface area contributed by atoms with Crippen molar-refractivity contribution in [2.45, 2.75) is 32.7 Å². The highest BCUT2D eigenvalue weighted by atomic mass is 14.9. The predicted octanol–water partition coefficient (Wildman–Crippen LogP) is 4.72. The highest BCUT2D eigenvalue weighted by Gasteiger charge is 2.28. The lowest BCUT2D eigenvalue weighted by Crippen LogP contribution is -2.29. The molecule has 2 nitrogen and oxygen atoms in total. The molecule has 114 valence electrons. The lowest BCUT2D eigenvalue weighted by molar-refractivity contribution is 0.513. The molecule has 0 radical (unpaired) electrons. The summed E-state index contributed by atoms with van der Waals surface area (Å²) >= 11 is 0. The van der Waals surface area contributed by atoms with Gasteiger partial charge >= 0.3 is 0 Å². The average molecular weight is 300 g/mol. The minimum absolute atomic E-state index is 0.0938. The highest BCUT2D eigenvalue weighted by Crippen LogP contribution is 2.30. The number of aryl methyl sites for hydroxylation is 1. The Kier molecular flexibility index (Phi) is 3.08. The van der Waals surface area contributed by atoms with Crippen molar-refractivity contribution < 1.29 is 0 Å². The summed E-state index contributed by atoms with van der Waals surface area (Å²) in [5.74, 6) is 0. The second kappa shape index (κ2) is 5.02. The van der Waals surface area contributed by atoms with Crippen LogP contribution in [-0.4, -0.2) is 16.2 Å². The Bertz CT molecular complexity index is 935. The second-order valence-corrected chi connectivity index (χ2v) is 7.00. The predicted molar refractivity (Wildman–Crippen MR) is 96.3 cm³/mol. The highest BCUT2D eigenvalue weighted by molar-refractivity contribution is 6.14. The quantitative estimate of drug-likeness (QED) is 0.638. The molecular formula is C21H20N2. The van der Waals surface area contributed by atoms with Crippen LogP contribution in [0.5, 0.6) is 0 Å². The van der Waals surface area contributed by atoms with Crippen molar-refractivity contribution in [1.82, 2.24) is 4.98 Å². The van der Waals surface area contributed by atoms with Crippen molar-refractivity contribution in [2.75, 3.05) is 0 Å². The van der Waals surface area contributed by atoms with Gasteiger partial charge in [0.1, 0.15) is 0 Å². The minimum atomic E-state index is -0.0938. The van der Waals surface area contributed by atoms with E-state index in [-0.39, 0.29) is 5.54 Å². The molecule has 23 heavy (non-hydrogen) atoms. The Balaban J connectivity index is 1.93. The first-order valence-electron chi connectivity index (χ1n) is 8.08. The van der Waals surface area contributed by atoms with Crippen LogP contribution in [0.25, 0.3) is 10.9 Å². The molecule has 0 atom stereocenters. The Morgan fingerprint density at radius 2 is 1.78 bits per heavy atom. The maximum Gasteiger partial charge on any atom is 0.0912 e. The van der Waals surface area contributed by atoms with Gasteiger partial charge in [-0.3, -0.25) is 4.99 Å². The summed E-state index contributed by atoms with van der Waals surface area (Å²) in [6, 6.07) is 19.1. The zero-order chi connectivity index (χ0) is 16.0. The minimum Gasteiger partial charge on any atom is -0.276 e. The fourth-order valence-corrected chi connectivity index (χ4v) is 3.36. The van der Waals surface area contributed by atoms with Gasteiger partial charge in [0.2, 0.25) is 0 Å². The number of pyridine rings is 1. The Morgan fingerprint density at radius 1 is 0.957 bits per heavy atom. The normalized spacial score (nSPS) is 16.0. The third-order valence-electron chi connectivity index (χ3n) is 4.39. The van der Waals surface area contributed by atoms with Crippen molar-refractivity contribution in [1.29, 1.82) is 0 Å². The van der Waals surface area contributed by atoms with Gasteiger partial charge in [-0.1, -0.05) is 48.0 Å². The number of fused-ring (bicyclic) bond motifs is 2. The number of hydrogen-bond donors (Lipinski definition) is 0. The monoisotopic (exact) mass is 300 g/mol. The molecule has 0 spiro atoms. The van der Waals surface area contributed by atoms with E-state index < -0.39 is 0 Å². The zero-order valence-electron chi connectivity index (χ0n) is 13.8. The van der Waals surface area contributed by atoms with E-state index in [1.54, 1.807) is 0 Å². The smallest absolute Gasteiger partial charge is 0.0912 e. The van der Waals surface area contributed by atoms with E-state index in [2.05, 4.69) is 63.2 Å². The summed E-state index contributed by atoms with van der Waals surface area (Å²) in [4.78, 5) is 9.87. The molecule has 1 aliphatic heterocycles.